The molecule has 0 saturated carbocycles. The molecule has 1 atom stereocenters. The van der Waals surface area contributed by atoms with Gasteiger partial charge in [0.05, 0.1) is 12.7 Å². The van der Waals surface area contributed by atoms with Gasteiger partial charge in [-0.25, -0.2) is 4.79 Å². The quantitative estimate of drug-likeness (QED) is 0.848. The average Bonchev–Trinajstić information content (AvgIpc) is 2.72. The molecule has 0 aliphatic carbocycles. The fraction of sp³-hybridized carbons (Fsp3) is 0.533. The van der Waals surface area contributed by atoms with E-state index in [-0.39, 0.29) is 24.0 Å². The zero-order chi connectivity index (χ0) is 14.0. The van der Waals surface area contributed by atoms with Crippen molar-refractivity contribution >= 4 is 11.7 Å². The fourth-order valence-corrected chi connectivity index (χ4v) is 2.84. The Morgan fingerprint density at radius 3 is 2.84 bits per heavy atom. The van der Waals surface area contributed by atoms with Crippen molar-refractivity contribution in [2.24, 2.45) is 5.92 Å². The van der Waals surface area contributed by atoms with E-state index in [1.807, 2.05) is 18.2 Å². The first-order chi connectivity index (χ1) is 9.00. The third-order valence-corrected chi connectivity index (χ3v) is 4.20. The van der Waals surface area contributed by atoms with Gasteiger partial charge in [-0.1, -0.05) is 6.07 Å². The van der Waals surface area contributed by atoms with Crippen LogP contribution < -0.4 is 4.90 Å². The molecule has 1 N–H and O–H groups in total. The van der Waals surface area contributed by atoms with Crippen LogP contribution in [-0.4, -0.2) is 36.9 Å². The Hall–Kier alpha value is -1.55. The molecule has 1 saturated heterocycles. The molecule has 0 aromatic heterocycles. The second-order valence-corrected chi connectivity index (χ2v) is 5.52. The van der Waals surface area contributed by atoms with Gasteiger partial charge in [-0.2, -0.15) is 0 Å². The first-order valence-electron chi connectivity index (χ1n) is 6.57. The van der Waals surface area contributed by atoms with Gasteiger partial charge in [-0.3, -0.25) is 0 Å². The number of carbonyl (C=O) groups excluding carboxylic acids is 1. The van der Waals surface area contributed by atoms with E-state index in [0.29, 0.717) is 5.56 Å². The first kappa shape index (κ1) is 13.9. The molecule has 104 valence electrons. The molecule has 1 unspecified atom stereocenters. The molecule has 1 aromatic carbocycles. The summed E-state index contributed by atoms with van der Waals surface area (Å²) in [4.78, 5) is 13.8. The second kappa shape index (κ2) is 5.21. The van der Waals surface area contributed by atoms with Gasteiger partial charge >= 0.3 is 5.97 Å². The van der Waals surface area contributed by atoms with E-state index >= 15 is 0 Å². The molecule has 1 fully saturated rings. The highest BCUT2D eigenvalue weighted by Gasteiger charge is 2.40. The summed E-state index contributed by atoms with van der Waals surface area (Å²) < 4.78 is 4.75. The summed E-state index contributed by atoms with van der Waals surface area (Å²) in [6.07, 6.45) is 0.964. The van der Waals surface area contributed by atoms with E-state index in [9.17, 15) is 9.90 Å². The monoisotopic (exact) mass is 263 g/mol. The summed E-state index contributed by atoms with van der Waals surface area (Å²) in [7, 11) is 1.39. The zero-order valence-corrected chi connectivity index (χ0v) is 11.7. The van der Waals surface area contributed by atoms with Gasteiger partial charge in [0.1, 0.15) is 0 Å². The van der Waals surface area contributed by atoms with Crippen molar-refractivity contribution in [1.82, 2.24) is 0 Å². The summed E-state index contributed by atoms with van der Waals surface area (Å²) >= 11 is 0. The summed E-state index contributed by atoms with van der Waals surface area (Å²) in [6.45, 7) is 5.35. The van der Waals surface area contributed by atoms with E-state index < -0.39 is 0 Å². The van der Waals surface area contributed by atoms with Crippen molar-refractivity contribution in [2.45, 2.75) is 25.8 Å². The molecule has 4 nitrogen and oxygen atoms in total. The largest absolute Gasteiger partial charge is 0.465 e. The molecule has 19 heavy (non-hydrogen) atoms. The van der Waals surface area contributed by atoms with Crippen molar-refractivity contribution in [3.05, 3.63) is 29.8 Å². The van der Waals surface area contributed by atoms with Gasteiger partial charge in [-0.15, -0.1) is 0 Å². The van der Waals surface area contributed by atoms with Crippen molar-refractivity contribution in [3.63, 3.8) is 0 Å². The van der Waals surface area contributed by atoms with E-state index in [0.717, 1.165) is 18.7 Å². The van der Waals surface area contributed by atoms with Gasteiger partial charge in [0.15, 0.2) is 0 Å². The molecule has 2 rings (SSSR count). The SMILES string of the molecule is COC(=O)c1cccc(N2CCC(CO)C2(C)C)c1. The summed E-state index contributed by atoms with van der Waals surface area (Å²) in [5.74, 6) is -0.0631. The minimum atomic E-state index is -0.322. The van der Waals surface area contributed by atoms with Crippen molar-refractivity contribution in [3.8, 4) is 0 Å². The molecule has 1 aliphatic heterocycles. The lowest BCUT2D eigenvalue weighted by molar-refractivity contribution is 0.0600. The van der Waals surface area contributed by atoms with Gasteiger partial charge in [-0.05, 0) is 38.5 Å². The number of rotatable bonds is 3. The van der Waals surface area contributed by atoms with Gasteiger partial charge in [0, 0.05) is 30.3 Å². The van der Waals surface area contributed by atoms with Gasteiger partial charge in [0.25, 0.3) is 0 Å². The average molecular weight is 263 g/mol. The van der Waals surface area contributed by atoms with Crippen molar-refractivity contribution in [1.29, 1.82) is 0 Å². The number of methoxy groups -OCH3 is 1. The van der Waals surface area contributed by atoms with Crippen molar-refractivity contribution < 1.29 is 14.6 Å². The smallest absolute Gasteiger partial charge is 0.337 e. The molecule has 1 heterocycles. The molecule has 0 amide bonds. The molecule has 0 radical (unpaired) electrons. The van der Waals surface area contributed by atoms with E-state index in [2.05, 4.69) is 18.7 Å². The van der Waals surface area contributed by atoms with Gasteiger partial charge in [0.2, 0.25) is 0 Å². The maximum atomic E-state index is 11.6. The van der Waals surface area contributed by atoms with Crippen LogP contribution in [-0.2, 0) is 4.74 Å². The minimum absolute atomic E-state index is 0.108. The number of aliphatic hydroxyl groups excluding tert-OH is 1. The fourth-order valence-electron chi connectivity index (χ4n) is 2.84. The summed E-state index contributed by atoms with van der Waals surface area (Å²) in [5.41, 5.74) is 1.45. The Kier molecular flexibility index (Phi) is 3.80. The summed E-state index contributed by atoms with van der Waals surface area (Å²) in [5, 5.41) is 9.45. The van der Waals surface area contributed by atoms with Crippen LogP contribution in [0.2, 0.25) is 0 Å². The number of carbonyl (C=O) groups is 1. The van der Waals surface area contributed by atoms with Crippen LogP contribution in [0.1, 0.15) is 30.6 Å². The predicted molar refractivity (Wildman–Crippen MR) is 74.4 cm³/mol. The minimum Gasteiger partial charge on any atom is -0.465 e. The Morgan fingerprint density at radius 1 is 1.53 bits per heavy atom. The molecule has 1 aromatic rings. The molecule has 0 spiro atoms. The molecular formula is C15H21NO3. The Morgan fingerprint density at radius 2 is 2.26 bits per heavy atom. The lowest BCUT2D eigenvalue weighted by Gasteiger charge is -2.37. The van der Waals surface area contributed by atoms with Crippen LogP contribution in [0.25, 0.3) is 0 Å². The van der Waals surface area contributed by atoms with Crippen molar-refractivity contribution in [2.75, 3.05) is 25.2 Å². The Bertz CT molecular complexity index is 470. The van der Waals surface area contributed by atoms with Gasteiger partial charge < -0.3 is 14.7 Å². The second-order valence-electron chi connectivity index (χ2n) is 5.52. The van der Waals surface area contributed by atoms with Crippen LogP contribution in [0, 0.1) is 5.92 Å². The van der Waals surface area contributed by atoms with Crippen LogP contribution in [0.5, 0.6) is 0 Å². The predicted octanol–water partition coefficient (Wildman–Crippen LogP) is 2.07. The van der Waals surface area contributed by atoms with Crippen LogP contribution in [0.15, 0.2) is 24.3 Å². The number of hydrogen-bond donors (Lipinski definition) is 1. The van der Waals surface area contributed by atoms with Crippen LogP contribution in [0.3, 0.4) is 0 Å². The highest BCUT2D eigenvalue weighted by atomic mass is 16.5. The van der Waals surface area contributed by atoms with E-state index in [1.165, 1.54) is 7.11 Å². The molecule has 0 bridgehead atoms. The molecule has 4 heteroatoms. The maximum Gasteiger partial charge on any atom is 0.337 e. The maximum absolute atomic E-state index is 11.6. The number of ether oxygens (including phenoxy) is 1. The zero-order valence-electron chi connectivity index (χ0n) is 11.7. The lowest BCUT2D eigenvalue weighted by Crippen LogP contribution is -2.43. The standard InChI is InChI=1S/C15H21NO3/c1-15(2)12(10-17)7-8-16(15)13-6-4-5-11(9-13)14(18)19-3/h4-6,9,12,17H,7-8,10H2,1-3H3. The number of aliphatic hydroxyl groups is 1. The highest BCUT2D eigenvalue weighted by Crippen LogP contribution is 2.38. The third-order valence-electron chi connectivity index (χ3n) is 4.20. The number of esters is 1. The lowest BCUT2D eigenvalue weighted by atomic mass is 9.89. The molecular weight excluding hydrogens is 242 g/mol. The normalized spacial score (nSPS) is 21.5. The number of hydrogen-bond acceptors (Lipinski definition) is 4. The summed E-state index contributed by atoms with van der Waals surface area (Å²) in [6, 6.07) is 7.47. The van der Waals surface area contributed by atoms with E-state index in [4.69, 9.17) is 4.74 Å². The Labute approximate surface area is 114 Å². The third kappa shape index (κ3) is 2.45. The molecule has 1 aliphatic rings. The van der Waals surface area contributed by atoms with Crippen LogP contribution in [0.4, 0.5) is 5.69 Å². The first-order valence-corrected chi connectivity index (χ1v) is 6.57. The van der Waals surface area contributed by atoms with Crippen LogP contribution >= 0.6 is 0 Å². The number of benzene rings is 1. The number of anilines is 1. The number of nitrogens with zero attached hydrogens (tertiary/aromatic N) is 1. The highest BCUT2D eigenvalue weighted by molar-refractivity contribution is 5.90. The Balaban J connectivity index is 2.30. The topological polar surface area (TPSA) is 49.8 Å². The van der Waals surface area contributed by atoms with E-state index in [1.54, 1.807) is 6.07 Å².